The van der Waals surface area contributed by atoms with Gasteiger partial charge in [0.05, 0.1) is 13.1 Å². The number of ether oxygens (including phenoxy) is 1. The number of nitrogens with one attached hydrogen (secondary N) is 4. The SMILES string of the molecule is C[C@H](NC(=O)[C@@H]1CCCN1C(=O)CNC(=O)CNC(=O)[C@@H]1CCCN1C(=O)CNC(=O)OCc1ccccc1)C(N)=O. The summed E-state index contributed by atoms with van der Waals surface area (Å²) in [6.45, 7) is 0.974. The van der Waals surface area contributed by atoms with Crippen LogP contribution in [-0.4, -0.2) is 102 Å². The number of primary amides is 1. The highest BCUT2D eigenvalue weighted by Crippen LogP contribution is 2.18. The molecule has 15 nitrogen and oxygen atoms in total. The molecule has 228 valence electrons. The van der Waals surface area contributed by atoms with E-state index in [1.165, 1.54) is 16.7 Å². The van der Waals surface area contributed by atoms with Gasteiger partial charge in [-0.1, -0.05) is 30.3 Å². The van der Waals surface area contributed by atoms with E-state index >= 15 is 0 Å². The van der Waals surface area contributed by atoms with Crippen molar-refractivity contribution in [2.75, 3.05) is 32.7 Å². The van der Waals surface area contributed by atoms with Gasteiger partial charge in [0.2, 0.25) is 35.4 Å². The molecule has 2 heterocycles. The van der Waals surface area contributed by atoms with Crippen molar-refractivity contribution in [3.63, 3.8) is 0 Å². The Kier molecular flexibility index (Phi) is 11.6. The highest BCUT2D eigenvalue weighted by Gasteiger charge is 2.36. The number of carbonyl (C=O) groups is 7. The van der Waals surface area contributed by atoms with Crippen LogP contribution in [0.15, 0.2) is 30.3 Å². The summed E-state index contributed by atoms with van der Waals surface area (Å²) in [4.78, 5) is 88.6. The van der Waals surface area contributed by atoms with Crippen LogP contribution in [0.5, 0.6) is 0 Å². The van der Waals surface area contributed by atoms with E-state index in [9.17, 15) is 33.6 Å². The van der Waals surface area contributed by atoms with E-state index in [4.69, 9.17) is 10.5 Å². The van der Waals surface area contributed by atoms with Crippen LogP contribution in [-0.2, 0) is 40.1 Å². The smallest absolute Gasteiger partial charge is 0.407 e. The predicted octanol–water partition coefficient (Wildman–Crippen LogP) is -1.88. The highest BCUT2D eigenvalue weighted by molar-refractivity contribution is 5.94. The van der Waals surface area contributed by atoms with E-state index in [2.05, 4.69) is 21.3 Å². The van der Waals surface area contributed by atoms with Crippen LogP contribution in [0, 0.1) is 0 Å². The first-order valence-electron chi connectivity index (χ1n) is 13.7. The number of nitrogens with two attached hydrogens (primary N) is 1. The van der Waals surface area contributed by atoms with Crippen LogP contribution in [0.3, 0.4) is 0 Å². The number of hydrogen-bond acceptors (Lipinski definition) is 8. The molecule has 2 aliphatic heterocycles. The topological polar surface area (TPSA) is 209 Å². The van der Waals surface area contributed by atoms with E-state index in [1.54, 1.807) is 12.1 Å². The molecule has 0 aliphatic carbocycles. The molecule has 6 N–H and O–H groups in total. The molecule has 0 saturated carbocycles. The molecule has 3 rings (SSSR count). The largest absolute Gasteiger partial charge is 0.445 e. The molecule has 0 bridgehead atoms. The maximum atomic E-state index is 12.7. The minimum atomic E-state index is -0.887. The second-order valence-electron chi connectivity index (χ2n) is 10.0. The maximum absolute atomic E-state index is 12.7. The molecular formula is C27H37N7O8. The van der Waals surface area contributed by atoms with Crippen molar-refractivity contribution in [2.45, 2.75) is 57.3 Å². The summed E-state index contributed by atoms with van der Waals surface area (Å²) in [5.74, 6) is -3.31. The molecule has 1 aromatic rings. The number of benzene rings is 1. The number of rotatable bonds is 12. The van der Waals surface area contributed by atoms with E-state index in [-0.39, 0.29) is 19.7 Å². The third kappa shape index (κ3) is 9.17. The van der Waals surface area contributed by atoms with E-state index in [1.807, 2.05) is 18.2 Å². The van der Waals surface area contributed by atoms with E-state index in [0.29, 0.717) is 38.8 Å². The molecule has 42 heavy (non-hydrogen) atoms. The Labute approximate surface area is 242 Å². The van der Waals surface area contributed by atoms with Crippen molar-refractivity contribution >= 4 is 41.5 Å². The molecule has 7 amide bonds. The van der Waals surface area contributed by atoms with Crippen molar-refractivity contribution in [3.8, 4) is 0 Å². The Balaban J connectivity index is 1.37. The quantitative estimate of drug-likeness (QED) is 0.186. The van der Waals surface area contributed by atoms with E-state index < -0.39 is 66.2 Å². The van der Waals surface area contributed by atoms with Gasteiger partial charge < -0.3 is 41.5 Å². The first-order valence-corrected chi connectivity index (χ1v) is 13.7. The normalized spacial score (nSPS) is 18.5. The molecular weight excluding hydrogens is 550 g/mol. The van der Waals surface area contributed by atoms with Crippen LogP contribution < -0.4 is 27.0 Å². The van der Waals surface area contributed by atoms with Crippen molar-refractivity contribution < 1.29 is 38.3 Å². The monoisotopic (exact) mass is 587 g/mol. The molecule has 15 heteroatoms. The lowest BCUT2D eigenvalue weighted by molar-refractivity contribution is -0.139. The van der Waals surface area contributed by atoms with Gasteiger partial charge in [-0.15, -0.1) is 0 Å². The van der Waals surface area contributed by atoms with Crippen LogP contribution in [0.25, 0.3) is 0 Å². The second-order valence-corrected chi connectivity index (χ2v) is 10.0. The van der Waals surface area contributed by atoms with Crippen LogP contribution >= 0.6 is 0 Å². The molecule has 2 aliphatic rings. The third-order valence-corrected chi connectivity index (χ3v) is 6.99. The molecule has 2 saturated heterocycles. The van der Waals surface area contributed by atoms with Crippen LogP contribution in [0.4, 0.5) is 4.79 Å². The lowest BCUT2D eigenvalue weighted by atomic mass is 10.2. The van der Waals surface area contributed by atoms with Crippen molar-refractivity contribution in [2.24, 2.45) is 5.73 Å². The molecule has 0 spiro atoms. The zero-order valence-corrected chi connectivity index (χ0v) is 23.4. The first kappa shape index (κ1) is 31.8. The lowest BCUT2D eigenvalue weighted by Gasteiger charge is -2.25. The molecule has 3 atom stereocenters. The zero-order valence-electron chi connectivity index (χ0n) is 23.4. The number of alkyl carbamates (subject to hydrolysis) is 1. The average Bonchev–Trinajstić information content (AvgIpc) is 3.67. The minimum absolute atomic E-state index is 0.0491. The van der Waals surface area contributed by atoms with Gasteiger partial charge in [-0.2, -0.15) is 0 Å². The summed E-state index contributed by atoms with van der Waals surface area (Å²) in [7, 11) is 0. The molecule has 0 unspecified atom stereocenters. The summed E-state index contributed by atoms with van der Waals surface area (Å²) in [5.41, 5.74) is 5.97. The van der Waals surface area contributed by atoms with Gasteiger partial charge in [-0.05, 0) is 38.2 Å². The summed E-state index contributed by atoms with van der Waals surface area (Å²) >= 11 is 0. The number of carbonyl (C=O) groups excluding carboxylic acids is 7. The van der Waals surface area contributed by atoms with Gasteiger partial charge in [0, 0.05) is 13.1 Å². The van der Waals surface area contributed by atoms with Gasteiger partial charge in [0.15, 0.2) is 0 Å². The van der Waals surface area contributed by atoms with Gasteiger partial charge in [0.25, 0.3) is 0 Å². The highest BCUT2D eigenvalue weighted by atomic mass is 16.5. The number of amides is 7. The van der Waals surface area contributed by atoms with Crippen LogP contribution in [0.1, 0.15) is 38.2 Å². The fraction of sp³-hybridized carbons (Fsp3) is 0.519. The summed E-state index contributed by atoms with van der Waals surface area (Å²) in [5, 5.41) is 9.75. The Hall–Kier alpha value is -4.69. The van der Waals surface area contributed by atoms with Crippen LogP contribution in [0.2, 0.25) is 0 Å². The van der Waals surface area contributed by atoms with E-state index in [0.717, 1.165) is 5.56 Å². The fourth-order valence-corrected chi connectivity index (χ4v) is 4.70. The summed E-state index contributed by atoms with van der Waals surface area (Å²) in [6, 6.07) is 6.58. The molecule has 0 radical (unpaired) electrons. The standard InChI is InChI=1S/C27H37N7O8/c1-17(24(28)38)32-26(40)20-10-6-12-34(20)22(36)14-29-21(35)13-30-25(39)19-9-5-11-33(19)23(37)15-31-27(41)42-16-18-7-3-2-4-8-18/h2-4,7-8,17,19-20H,5-6,9-16H2,1H3,(H2,28,38)(H,29,35)(H,30,39)(H,31,41)(H,32,40)/t17-,19-,20-/m0/s1. The molecule has 0 aromatic heterocycles. The Morgan fingerprint density at radius 2 is 1.40 bits per heavy atom. The fourth-order valence-electron chi connectivity index (χ4n) is 4.70. The Bertz CT molecular complexity index is 1180. The second kappa shape index (κ2) is 15.3. The first-order chi connectivity index (χ1) is 20.1. The Morgan fingerprint density at radius 1 is 0.833 bits per heavy atom. The summed E-state index contributed by atoms with van der Waals surface area (Å²) in [6.07, 6.45) is 1.20. The average molecular weight is 588 g/mol. The van der Waals surface area contributed by atoms with Crippen molar-refractivity contribution in [1.82, 2.24) is 31.1 Å². The van der Waals surface area contributed by atoms with Crippen molar-refractivity contribution in [3.05, 3.63) is 35.9 Å². The zero-order chi connectivity index (χ0) is 30.6. The molecule has 2 fully saturated rings. The van der Waals surface area contributed by atoms with Gasteiger partial charge >= 0.3 is 6.09 Å². The van der Waals surface area contributed by atoms with Gasteiger partial charge in [0.1, 0.15) is 31.3 Å². The number of likely N-dealkylation sites (tertiary alicyclic amines) is 2. The van der Waals surface area contributed by atoms with Gasteiger partial charge in [-0.25, -0.2) is 4.79 Å². The van der Waals surface area contributed by atoms with Crippen molar-refractivity contribution in [1.29, 1.82) is 0 Å². The minimum Gasteiger partial charge on any atom is -0.445 e. The Morgan fingerprint density at radius 3 is 2.00 bits per heavy atom. The maximum Gasteiger partial charge on any atom is 0.407 e. The number of hydrogen-bond donors (Lipinski definition) is 5. The summed E-state index contributed by atoms with van der Waals surface area (Å²) < 4.78 is 5.09. The lowest BCUT2D eigenvalue weighted by Crippen LogP contribution is -2.53. The van der Waals surface area contributed by atoms with Gasteiger partial charge in [-0.3, -0.25) is 28.8 Å². The molecule has 1 aromatic carbocycles. The number of nitrogens with zero attached hydrogens (tertiary/aromatic N) is 2. The predicted molar refractivity (Wildman–Crippen MR) is 147 cm³/mol. The third-order valence-electron chi connectivity index (χ3n) is 6.99.